The van der Waals surface area contributed by atoms with Crippen molar-refractivity contribution < 1.29 is 0 Å². The van der Waals surface area contributed by atoms with Gasteiger partial charge >= 0.3 is 0 Å². The smallest absolute Gasteiger partial charge is 0.0451 e. The van der Waals surface area contributed by atoms with Crippen molar-refractivity contribution in [3.8, 4) is 0 Å². The van der Waals surface area contributed by atoms with Gasteiger partial charge in [0.2, 0.25) is 0 Å². The Morgan fingerprint density at radius 1 is 0.917 bits per heavy atom. The summed E-state index contributed by atoms with van der Waals surface area (Å²) in [6, 6.07) is 20.0. The van der Waals surface area contributed by atoms with Crippen molar-refractivity contribution in [3.05, 3.63) is 71.3 Å². The summed E-state index contributed by atoms with van der Waals surface area (Å²) in [5.74, 6) is 0. The normalized spacial score (nSPS) is 17.8. The van der Waals surface area contributed by atoms with Crippen LogP contribution in [-0.4, -0.2) is 49.6 Å². The van der Waals surface area contributed by atoms with Crippen molar-refractivity contribution in [2.75, 3.05) is 39.8 Å². The molecule has 0 bridgehead atoms. The highest BCUT2D eigenvalue weighted by molar-refractivity contribution is 5.23. The quantitative estimate of drug-likeness (QED) is 0.881. The highest BCUT2D eigenvalue weighted by atomic mass is 15.3. The second kappa shape index (κ2) is 8.43. The Morgan fingerprint density at radius 3 is 2.25 bits per heavy atom. The molecule has 2 aromatic carbocycles. The number of aryl methyl sites for hydroxylation is 1. The second-order valence-corrected chi connectivity index (χ2v) is 6.93. The van der Waals surface area contributed by atoms with Gasteiger partial charge in [0.1, 0.15) is 0 Å². The van der Waals surface area contributed by atoms with Gasteiger partial charge in [-0.15, -0.1) is 0 Å². The summed E-state index contributed by atoms with van der Waals surface area (Å²) in [7, 11) is 2.21. The van der Waals surface area contributed by atoms with Crippen LogP contribution in [0.3, 0.4) is 0 Å². The molecular weight excluding hydrogens is 294 g/mol. The van der Waals surface area contributed by atoms with Gasteiger partial charge in [-0.1, -0.05) is 60.2 Å². The predicted molar refractivity (Wildman–Crippen MR) is 101 cm³/mol. The first-order chi connectivity index (χ1) is 11.7. The topological polar surface area (TPSA) is 18.5 Å². The van der Waals surface area contributed by atoms with Crippen molar-refractivity contribution in [1.82, 2.24) is 15.1 Å². The molecule has 1 saturated heterocycles. The fraction of sp³-hybridized carbons (Fsp3) is 0.429. The van der Waals surface area contributed by atoms with Crippen molar-refractivity contribution in [1.29, 1.82) is 0 Å². The number of piperazine rings is 1. The van der Waals surface area contributed by atoms with E-state index in [1.807, 2.05) is 0 Å². The van der Waals surface area contributed by atoms with E-state index in [9.17, 15) is 0 Å². The fourth-order valence-electron chi connectivity index (χ4n) is 3.21. The molecule has 3 nitrogen and oxygen atoms in total. The van der Waals surface area contributed by atoms with E-state index in [2.05, 4.69) is 83.7 Å². The summed E-state index contributed by atoms with van der Waals surface area (Å²) in [5, 5.41) is 3.78. The molecule has 1 fully saturated rings. The Labute approximate surface area is 146 Å². The van der Waals surface area contributed by atoms with Crippen LogP contribution in [0.1, 0.15) is 22.7 Å². The molecule has 0 spiro atoms. The zero-order chi connectivity index (χ0) is 16.8. The van der Waals surface area contributed by atoms with Crippen LogP contribution in [0.25, 0.3) is 0 Å². The molecule has 2 aromatic rings. The van der Waals surface area contributed by atoms with Crippen LogP contribution < -0.4 is 5.32 Å². The molecule has 128 valence electrons. The molecule has 0 radical (unpaired) electrons. The minimum absolute atomic E-state index is 0.371. The maximum Gasteiger partial charge on any atom is 0.0451 e. The third-order valence-electron chi connectivity index (χ3n) is 4.91. The highest BCUT2D eigenvalue weighted by Crippen LogP contribution is 2.16. The van der Waals surface area contributed by atoms with E-state index in [1.165, 1.54) is 29.8 Å². The van der Waals surface area contributed by atoms with Crippen molar-refractivity contribution >= 4 is 0 Å². The SMILES string of the molecule is Cc1ccc(CN[C@@H](CN2CCN(C)CC2)c2ccccc2)cc1. The average Bonchev–Trinajstić information content (AvgIpc) is 2.62. The Morgan fingerprint density at radius 2 is 1.58 bits per heavy atom. The first kappa shape index (κ1) is 17.2. The summed E-state index contributed by atoms with van der Waals surface area (Å²) in [6.07, 6.45) is 0. The number of nitrogens with zero attached hydrogens (tertiary/aromatic N) is 2. The van der Waals surface area contributed by atoms with Gasteiger partial charge in [-0.3, -0.25) is 4.90 Å². The number of hydrogen-bond donors (Lipinski definition) is 1. The zero-order valence-corrected chi connectivity index (χ0v) is 14.9. The average molecular weight is 323 g/mol. The molecule has 1 N–H and O–H groups in total. The molecule has 1 aliphatic rings. The maximum absolute atomic E-state index is 3.78. The zero-order valence-electron chi connectivity index (χ0n) is 14.9. The number of benzene rings is 2. The van der Waals surface area contributed by atoms with E-state index in [0.717, 1.165) is 26.2 Å². The first-order valence-corrected chi connectivity index (χ1v) is 8.95. The minimum Gasteiger partial charge on any atom is -0.305 e. The van der Waals surface area contributed by atoms with Gasteiger partial charge in [-0.05, 0) is 25.1 Å². The van der Waals surface area contributed by atoms with Crippen LogP contribution >= 0.6 is 0 Å². The van der Waals surface area contributed by atoms with Crippen LogP contribution in [0.4, 0.5) is 0 Å². The molecule has 0 amide bonds. The van der Waals surface area contributed by atoms with Crippen LogP contribution in [0, 0.1) is 6.92 Å². The van der Waals surface area contributed by atoms with Gasteiger partial charge in [0, 0.05) is 45.3 Å². The molecular formula is C21H29N3. The summed E-state index contributed by atoms with van der Waals surface area (Å²) in [6.45, 7) is 8.77. The lowest BCUT2D eigenvalue weighted by Gasteiger charge is -2.35. The lowest BCUT2D eigenvalue weighted by atomic mass is 10.0. The number of nitrogens with one attached hydrogen (secondary N) is 1. The Balaban J connectivity index is 1.64. The van der Waals surface area contributed by atoms with E-state index < -0.39 is 0 Å². The molecule has 1 atom stereocenters. The lowest BCUT2D eigenvalue weighted by Crippen LogP contribution is -2.47. The van der Waals surface area contributed by atoms with E-state index in [1.54, 1.807) is 0 Å². The Hall–Kier alpha value is -1.68. The van der Waals surface area contributed by atoms with E-state index in [-0.39, 0.29) is 0 Å². The van der Waals surface area contributed by atoms with Gasteiger partial charge in [0.25, 0.3) is 0 Å². The Kier molecular flexibility index (Phi) is 6.02. The predicted octanol–water partition coefficient (Wildman–Crippen LogP) is 3.07. The van der Waals surface area contributed by atoms with E-state index >= 15 is 0 Å². The number of rotatable bonds is 6. The third-order valence-corrected chi connectivity index (χ3v) is 4.91. The molecule has 0 aromatic heterocycles. The second-order valence-electron chi connectivity index (χ2n) is 6.93. The van der Waals surface area contributed by atoms with Crippen LogP contribution in [0.5, 0.6) is 0 Å². The molecule has 1 heterocycles. The Bertz CT molecular complexity index is 601. The van der Waals surface area contributed by atoms with Gasteiger partial charge < -0.3 is 10.2 Å². The molecule has 0 aliphatic carbocycles. The maximum atomic E-state index is 3.78. The number of hydrogen-bond acceptors (Lipinski definition) is 3. The monoisotopic (exact) mass is 323 g/mol. The molecule has 1 aliphatic heterocycles. The van der Waals surface area contributed by atoms with Crippen LogP contribution in [-0.2, 0) is 6.54 Å². The summed E-state index contributed by atoms with van der Waals surface area (Å²) in [4.78, 5) is 4.99. The third kappa shape index (κ3) is 4.91. The van der Waals surface area contributed by atoms with Crippen molar-refractivity contribution in [3.63, 3.8) is 0 Å². The van der Waals surface area contributed by atoms with Crippen LogP contribution in [0.15, 0.2) is 54.6 Å². The minimum atomic E-state index is 0.371. The summed E-state index contributed by atoms with van der Waals surface area (Å²) >= 11 is 0. The molecule has 0 unspecified atom stereocenters. The first-order valence-electron chi connectivity index (χ1n) is 8.95. The van der Waals surface area contributed by atoms with Gasteiger partial charge in [0.15, 0.2) is 0 Å². The van der Waals surface area contributed by atoms with Gasteiger partial charge in [0.05, 0.1) is 0 Å². The molecule has 24 heavy (non-hydrogen) atoms. The van der Waals surface area contributed by atoms with Crippen molar-refractivity contribution in [2.45, 2.75) is 19.5 Å². The fourth-order valence-corrected chi connectivity index (χ4v) is 3.21. The standard InChI is InChI=1S/C21H29N3/c1-18-8-10-19(11-9-18)16-22-21(20-6-4-3-5-7-20)17-24-14-12-23(2)13-15-24/h3-11,21-22H,12-17H2,1-2H3/t21-/m0/s1. The largest absolute Gasteiger partial charge is 0.305 e. The van der Waals surface area contributed by atoms with Crippen molar-refractivity contribution in [2.24, 2.45) is 0 Å². The summed E-state index contributed by atoms with van der Waals surface area (Å²) < 4.78 is 0. The highest BCUT2D eigenvalue weighted by Gasteiger charge is 2.19. The molecule has 3 heteroatoms. The molecule has 0 saturated carbocycles. The van der Waals surface area contributed by atoms with Crippen LogP contribution in [0.2, 0.25) is 0 Å². The lowest BCUT2D eigenvalue weighted by molar-refractivity contribution is 0.142. The van der Waals surface area contributed by atoms with E-state index in [0.29, 0.717) is 6.04 Å². The van der Waals surface area contributed by atoms with Gasteiger partial charge in [-0.2, -0.15) is 0 Å². The molecule has 3 rings (SSSR count). The number of likely N-dealkylation sites (N-methyl/N-ethyl adjacent to an activating group) is 1. The van der Waals surface area contributed by atoms with Gasteiger partial charge in [-0.25, -0.2) is 0 Å². The van der Waals surface area contributed by atoms with E-state index in [4.69, 9.17) is 0 Å². The summed E-state index contributed by atoms with van der Waals surface area (Å²) in [5.41, 5.74) is 4.04.